The summed E-state index contributed by atoms with van der Waals surface area (Å²) in [6, 6.07) is 8.40. The molecule has 0 spiro atoms. The van der Waals surface area contributed by atoms with Gasteiger partial charge in [0.1, 0.15) is 0 Å². The number of aryl methyl sites for hydroxylation is 2. The topological polar surface area (TPSA) is 24.9 Å². The van der Waals surface area contributed by atoms with Crippen LogP contribution in [-0.2, 0) is 6.54 Å². The van der Waals surface area contributed by atoms with E-state index in [0.29, 0.717) is 0 Å². The van der Waals surface area contributed by atoms with Gasteiger partial charge in [0.15, 0.2) is 0 Å². The van der Waals surface area contributed by atoms with Gasteiger partial charge in [0.25, 0.3) is 0 Å². The van der Waals surface area contributed by atoms with E-state index in [1.165, 1.54) is 16.7 Å². The normalized spacial score (nSPS) is 10.3. The highest BCUT2D eigenvalue weighted by molar-refractivity contribution is 9.10. The minimum atomic E-state index is 0.820. The SMILES string of the molecule is Cc1cc(CNc2cnccc2C)ccc1Br. The largest absolute Gasteiger partial charge is 0.380 e. The molecule has 88 valence electrons. The lowest BCUT2D eigenvalue weighted by Crippen LogP contribution is -2.01. The Bertz CT molecular complexity index is 523. The number of nitrogens with one attached hydrogen (secondary N) is 1. The van der Waals surface area contributed by atoms with Crippen LogP contribution >= 0.6 is 15.9 Å². The van der Waals surface area contributed by atoms with Crippen molar-refractivity contribution in [3.05, 3.63) is 57.8 Å². The van der Waals surface area contributed by atoms with Crippen LogP contribution in [0.3, 0.4) is 0 Å². The summed E-state index contributed by atoms with van der Waals surface area (Å²) in [5.74, 6) is 0. The average Bonchev–Trinajstić information content (AvgIpc) is 2.32. The molecule has 2 nitrogen and oxygen atoms in total. The van der Waals surface area contributed by atoms with E-state index in [0.717, 1.165) is 16.7 Å². The second-order valence-corrected chi connectivity index (χ2v) is 4.98. The zero-order valence-corrected chi connectivity index (χ0v) is 11.6. The van der Waals surface area contributed by atoms with Gasteiger partial charge in [-0.3, -0.25) is 4.98 Å². The summed E-state index contributed by atoms with van der Waals surface area (Å²) in [5.41, 5.74) is 4.84. The number of anilines is 1. The lowest BCUT2D eigenvalue weighted by molar-refractivity contribution is 1.12. The Morgan fingerprint density at radius 1 is 1.18 bits per heavy atom. The van der Waals surface area contributed by atoms with Crippen molar-refractivity contribution < 1.29 is 0 Å². The fourth-order valence-corrected chi connectivity index (χ4v) is 1.91. The molecule has 0 bridgehead atoms. The number of hydrogen-bond donors (Lipinski definition) is 1. The van der Waals surface area contributed by atoms with Crippen LogP contribution in [0.2, 0.25) is 0 Å². The van der Waals surface area contributed by atoms with Crippen LogP contribution in [0.15, 0.2) is 41.1 Å². The zero-order chi connectivity index (χ0) is 12.3. The van der Waals surface area contributed by atoms with Gasteiger partial charge >= 0.3 is 0 Å². The summed E-state index contributed by atoms with van der Waals surface area (Å²) in [6.45, 7) is 5.00. The summed E-state index contributed by atoms with van der Waals surface area (Å²) >= 11 is 3.51. The zero-order valence-electron chi connectivity index (χ0n) is 10.00. The van der Waals surface area contributed by atoms with Crippen molar-refractivity contribution in [2.45, 2.75) is 20.4 Å². The third-order valence-corrected chi connectivity index (χ3v) is 3.63. The van der Waals surface area contributed by atoms with Crippen LogP contribution in [0.5, 0.6) is 0 Å². The van der Waals surface area contributed by atoms with E-state index in [-0.39, 0.29) is 0 Å². The number of benzene rings is 1. The van der Waals surface area contributed by atoms with Gasteiger partial charge in [-0.25, -0.2) is 0 Å². The first-order chi connectivity index (χ1) is 8.16. The molecule has 0 aliphatic heterocycles. The summed E-state index contributed by atoms with van der Waals surface area (Å²) in [6.07, 6.45) is 3.67. The maximum Gasteiger partial charge on any atom is 0.0559 e. The monoisotopic (exact) mass is 290 g/mol. The second kappa shape index (κ2) is 5.32. The van der Waals surface area contributed by atoms with Gasteiger partial charge < -0.3 is 5.32 Å². The Labute approximate surface area is 110 Å². The van der Waals surface area contributed by atoms with E-state index in [1.807, 2.05) is 18.5 Å². The van der Waals surface area contributed by atoms with Gasteiger partial charge in [-0.2, -0.15) is 0 Å². The molecule has 3 heteroatoms. The van der Waals surface area contributed by atoms with E-state index in [9.17, 15) is 0 Å². The Balaban J connectivity index is 2.08. The quantitative estimate of drug-likeness (QED) is 0.922. The Morgan fingerprint density at radius 2 is 2.00 bits per heavy atom. The average molecular weight is 291 g/mol. The smallest absolute Gasteiger partial charge is 0.0559 e. The van der Waals surface area contributed by atoms with Crippen molar-refractivity contribution in [1.29, 1.82) is 0 Å². The first kappa shape index (κ1) is 12.1. The van der Waals surface area contributed by atoms with Crippen LogP contribution in [0.25, 0.3) is 0 Å². The van der Waals surface area contributed by atoms with Gasteiger partial charge in [0, 0.05) is 17.2 Å². The van der Waals surface area contributed by atoms with Crippen LogP contribution in [0.4, 0.5) is 5.69 Å². The summed E-state index contributed by atoms with van der Waals surface area (Å²) in [4.78, 5) is 4.12. The van der Waals surface area contributed by atoms with Gasteiger partial charge in [0.05, 0.1) is 11.9 Å². The highest BCUT2D eigenvalue weighted by Crippen LogP contribution is 2.18. The Kier molecular flexibility index (Phi) is 3.79. The van der Waals surface area contributed by atoms with Crippen molar-refractivity contribution in [2.24, 2.45) is 0 Å². The van der Waals surface area contributed by atoms with Crippen LogP contribution in [-0.4, -0.2) is 4.98 Å². The van der Waals surface area contributed by atoms with Gasteiger partial charge in [-0.1, -0.05) is 28.1 Å². The predicted molar refractivity (Wildman–Crippen MR) is 75.2 cm³/mol. The fraction of sp³-hybridized carbons (Fsp3) is 0.214. The van der Waals surface area contributed by atoms with Crippen molar-refractivity contribution in [3.63, 3.8) is 0 Å². The van der Waals surface area contributed by atoms with Crippen LogP contribution < -0.4 is 5.32 Å². The molecule has 0 radical (unpaired) electrons. The molecular formula is C14H15BrN2. The van der Waals surface area contributed by atoms with Crippen molar-refractivity contribution >= 4 is 21.6 Å². The molecule has 1 N–H and O–H groups in total. The van der Waals surface area contributed by atoms with Gasteiger partial charge in [-0.15, -0.1) is 0 Å². The molecule has 17 heavy (non-hydrogen) atoms. The molecule has 0 aliphatic rings. The standard InChI is InChI=1S/C14H15BrN2/c1-10-5-6-16-9-14(10)17-8-12-3-4-13(15)11(2)7-12/h3-7,9,17H,8H2,1-2H3. The Hall–Kier alpha value is -1.35. The number of nitrogens with zero attached hydrogens (tertiary/aromatic N) is 1. The first-order valence-electron chi connectivity index (χ1n) is 5.56. The minimum absolute atomic E-state index is 0.820. The van der Waals surface area contributed by atoms with E-state index < -0.39 is 0 Å². The molecule has 2 rings (SSSR count). The number of rotatable bonds is 3. The molecule has 0 amide bonds. The molecule has 1 aromatic heterocycles. The second-order valence-electron chi connectivity index (χ2n) is 4.13. The van der Waals surface area contributed by atoms with E-state index in [1.54, 1.807) is 0 Å². The Morgan fingerprint density at radius 3 is 2.71 bits per heavy atom. The number of pyridine rings is 1. The molecule has 0 saturated carbocycles. The lowest BCUT2D eigenvalue weighted by atomic mass is 10.1. The van der Waals surface area contributed by atoms with Crippen LogP contribution in [0, 0.1) is 13.8 Å². The summed E-state index contributed by atoms with van der Waals surface area (Å²) in [7, 11) is 0. The molecule has 0 saturated heterocycles. The van der Waals surface area contributed by atoms with Crippen molar-refractivity contribution in [3.8, 4) is 0 Å². The van der Waals surface area contributed by atoms with E-state index >= 15 is 0 Å². The van der Waals surface area contributed by atoms with Crippen molar-refractivity contribution in [2.75, 3.05) is 5.32 Å². The summed E-state index contributed by atoms with van der Waals surface area (Å²) < 4.78 is 1.15. The number of aromatic nitrogens is 1. The molecule has 0 atom stereocenters. The molecule has 2 aromatic rings. The van der Waals surface area contributed by atoms with Gasteiger partial charge in [-0.05, 0) is 42.7 Å². The molecule has 1 heterocycles. The van der Waals surface area contributed by atoms with E-state index in [2.05, 4.69) is 58.3 Å². The fourth-order valence-electron chi connectivity index (χ4n) is 1.66. The number of hydrogen-bond acceptors (Lipinski definition) is 2. The maximum absolute atomic E-state index is 4.12. The highest BCUT2D eigenvalue weighted by atomic mass is 79.9. The maximum atomic E-state index is 4.12. The number of halogens is 1. The third kappa shape index (κ3) is 3.07. The van der Waals surface area contributed by atoms with Crippen LogP contribution in [0.1, 0.15) is 16.7 Å². The third-order valence-electron chi connectivity index (χ3n) is 2.74. The lowest BCUT2D eigenvalue weighted by Gasteiger charge is -2.09. The first-order valence-corrected chi connectivity index (χ1v) is 6.35. The predicted octanol–water partition coefficient (Wildman–Crippen LogP) is 4.07. The minimum Gasteiger partial charge on any atom is -0.380 e. The molecule has 1 aromatic carbocycles. The van der Waals surface area contributed by atoms with Gasteiger partial charge in [0.2, 0.25) is 0 Å². The molecular weight excluding hydrogens is 276 g/mol. The molecule has 0 aliphatic carbocycles. The summed E-state index contributed by atoms with van der Waals surface area (Å²) in [5, 5.41) is 3.40. The molecule has 0 fully saturated rings. The molecule has 0 unspecified atom stereocenters. The van der Waals surface area contributed by atoms with Crippen molar-refractivity contribution in [1.82, 2.24) is 4.98 Å². The van der Waals surface area contributed by atoms with E-state index in [4.69, 9.17) is 0 Å². The highest BCUT2D eigenvalue weighted by Gasteiger charge is 1.99.